The summed E-state index contributed by atoms with van der Waals surface area (Å²) >= 11 is 0. The highest BCUT2D eigenvalue weighted by Crippen LogP contribution is 2.30. The summed E-state index contributed by atoms with van der Waals surface area (Å²) in [6.45, 7) is 5.63. The van der Waals surface area contributed by atoms with E-state index in [1.54, 1.807) is 20.1 Å². The van der Waals surface area contributed by atoms with Crippen molar-refractivity contribution in [2.75, 3.05) is 7.11 Å². The van der Waals surface area contributed by atoms with E-state index in [2.05, 4.69) is 6.08 Å². The molecule has 0 N–H and O–H groups in total. The van der Waals surface area contributed by atoms with Gasteiger partial charge in [-0.3, -0.25) is 0 Å². The molecule has 1 rings (SSSR count). The molecule has 102 valence electrons. The zero-order chi connectivity index (χ0) is 13.5. The summed E-state index contributed by atoms with van der Waals surface area (Å²) in [7, 11) is 1.74. The van der Waals surface area contributed by atoms with Crippen LogP contribution in [0.1, 0.15) is 40.0 Å². The van der Waals surface area contributed by atoms with Crippen LogP contribution in [-0.4, -0.2) is 25.3 Å². The van der Waals surface area contributed by atoms with Gasteiger partial charge >= 0.3 is 5.97 Å². The van der Waals surface area contributed by atoms with Crippen LogP contribution in [0.25, 0.3) is 0 Å². The third kappa shape index (κ3) is 3.98. The third-order valence-electron chi connectivity index (χ3n) is 3.57. The van der Waals surface area contributed by atoms with Gasteiger partial charge in [-0.25, -0.2) is 4.79 Å². The van der Waals surface area contributed by atoms with Crippen LogP contribution < -0.4 is 0 Å². The van der Waals surface area contributed by atoms with E-state index >= 15 is 0 Å². The summed E-state index contributed by atoms with van der Waals surface area (Å²) in [6.07, 6.45) is 8.94. The van der Waals surface area contributed by atoms with Crippen molar-refractivity contribution in [2.24, 2.45) is 5.92 Å². The smallest absolute Gasteiger partial charge is 0.333 e. The van der Waals surface area contributed by atoms with Gasteiger partial charge in [0.1, 0.15) is 6.10 Å². The molecule has 0 radical (unpaired) electrons. The van der Waals surface area contributed by atoms with Crippen LogP contribution >= 0.6 is 0 Å². The minimum Gasteiger partial charge on any atom is -0.458 e. The monoisotopic (exact) mass is 252 g/mol. The first-order valence-corrected chi connectivity index (χ1v) is 6.61. The Kier molecular flexibility index (Phi) is 6.13. The molecule has 0 heterocycles. The molecule has 3 atom stereocenters. The van der Waals surface area contributed by atoms with Crippen molar-refractivity contribution < 1.29 is 14.3 Å². The fourth-order valence-electron chi connectivity index (χ4n) is 2.30. The van der Waals surface area contributed by atoms with E-state index in [-0.39, 0.29) is 24.1 Å². The molecular weight excluding hydrogens is 228 g/mol. The van der Waals surface area contributed by atoms with E-state index in [0.29, 0.717) is 5.57 Å². The molecule has 0 bridgehead atoms. The van der Waals surface area contributed by atoms with E-state index < -0.39 is 0 Å². The zero-order valence-corrected chi connectivity index (χ0v) is 11.8. The molecule has 1 saturated carbocycles. The maximum absolute atomic E-state index is 11.8. The Morgan fingerprint density at radius 3 is 2.56 bits per heavy atom. The molecule has 0 aromatic carbocycles. The average molecular weight is 252 g/mol. The third-order valence-corrected chi connectivity index (χ3v) is 3.57. The van der Waals surface area contributed by atoms with E-state index in [4.69, 9.17) is 9.47 Å². The van der Waals surface area contributed by atoms with Gasteiger partial charge in [0.15, 0.2) is 0 Å². The van der Waals surface area contributed by atoms with Gasteiger partial charge in [0.05, 0.1) is 6.10 Å². The highest BCUT2D eigenvalue weighted by Gasteiger charge is 2.31. The molecular formula is C15H24O3. The fourth-order valence-corrected chi connectivity index (χ4v) is 2.30. The van der Waals surface area contributed by atoms with Crippen molar-refractivity contribution in [3.63, 3.8) is 0 Å². The van der Waals surface area contributed by atoms with Crippen molar-refractivity contribution in [2.45, 2.75) is 52.2 Å². The topological polar surface area (TPSA) is 35.5 Å². The van der Waals surface area contributed by atoms with Crippen LogP contribution in [0.15, 0.2) is 23.8 Å². The predicted octanol–water partition coefficient (Wildman–Crippen LogP) is 3.26. The van der Waals surface area contributed by atoms with E-state index in [1.165, 1.54) is 0 Å². The van der Waals surface area contributed by atoms with Gasteiger partial charge < -0.3 is 9.47 Å². The van der Waals surface area contributed by atoms with E-state index in [9.17, 15) is 4.79 Å². The molecule has 0 aliphatic heterocycles. The number of hydrogen-bond donors (Lipinski definition) is 0. The summed E-state index contributed by atoms with van der Waals surface area (Å²) in [5.74, 6) is 0.0650. The summed E-state index contributed by atoms with van der Waals surface area (Å²) in [5.41, 5.74) is 0.670. The van der Waals surface area contributed by atoms with Gasteiger partial charge in [0.2, 0.25) is 0 Å². The Morgan fingerprint density at radius 2 is 2.00 bits per heavy atom. The van der Waals surface area contributed by atoms with Gasteiger partial charge in [-0.2, -0.15) is 0 Å². The summed E-state index contributed by atoms with van der Waals surface area (Å²) in [5, 5.41) is 0. The summed E-state index contributed by atoms with van der Waals surface area (Å²) in [4.78, 5) is 11.8. The first-order valence-electron chi connectivity index (χ1n) is 6.61. The molecule has 18 heavy (non-hydrogen) atoms. The Balaban J connectivity index is 2.65. The SMILES string of the molecule is C/C=C(/C)C(=O)OC1CCC(OC)CC1/C=C/C. The van der Waals surface area contributed by atoms with Crippen molar-refractivity contribution in [1.29, 1.82) is 0 Å². The molecule has 0 saturated heterocycles. The Hall–Kier alpha value is -1.09. The predicted molar refractivity (Wildman–Crippen MR) is 72.3 cm³/mol. The number of carbonyl (C=O) groups excluding carboxylic acids is 1. The lowest BCUT2D eigenvalue weighted by molar-refractivity contribution is -0.149. The second-order valence-corrected chi connectivity index (χ2v) is 4.78. The standard InChI is InChI=1S/C15H24O3/c1-5-7-12-10-13(17-4)8-9-14(12)18-15(16)11(3)6-2/h5-7,12-14H,8-10H2,1-4H3/b7-5+,11-6-. The molecule has 0 aromatic rings. The van der Waals surface area contributed by atoms with Crippen LogP contribution in [0.2, 0.25) is 0 Å². The number of hydrogen-bond acceptors (Lipinski definition) is 3. The lowest BCUT2D eigenvalue weighted by Gasteiger charge is -2.33. The number of rotatable bonds is 4. The lowest BCUT2D eigenvalue weighted by Crippen LogP contribution is -2.35. The number of methoxy groups -OCH3 is 1. The van der Waals surface area contributed by atoms with Crippen molar-refractivity contribution in [3.8, 4) is 0 Å². The van der Waals surface area contributed by atoms with Crippen LogP contribution in [-0.2, 0) is 14.3 Å². The van der Waals surface area contributed by atoms with Gasteiger partial charge in [0, 0.05) is 18.6 Å². The maximum atomic E-state index is 11.8. The second kappa shape index (κ2) is 7.37. The number of esters is 1. The molecule has 3 unspecified atom stereocenters. The lowest BCUT2D eigenvalue weighted by atomic mass is 9.84. The Bertz CT molecular complexity index is 331. The molecule has 0 aromatic heterocycles. The minimum atomic E-state index is -0.201. The van der Waals surface area contributed by atoms with Crippen molar-refractivity contribution in [3.05, 3.63) is 23.8 Å². The molecule has 1 fully saturated rings. The van der Waals surface area contributed by atoms with E-state index in [0.717, 1.165) is 19.3 Å². The highest BCUT2D eigenvalue weighted by molar-refractivity contribution is 5.87. The van der Waals surface area contributed by atoms with Gasteiger partial charge in [0.25, 0.3) is 0 Å². The van der Waals surface area contributed by atoms with Crippen LogP contribution in [0.3, 0.4) is 0 Å². The highest BCUT2D eigenvalue weighted by atomic mass is 16.5. The van der Waals surface area contributed by atoms with E-state index in [1.807, 2.05) is 19.9 Å². The van der Waals surface area contributed by atoms with Gasteiger partial charge in [-0.15, -0.1) is 0 Å². The van der Waals surface area contributed by atoms with Crippen LogP contribution in [0.5, 0.6) is 0 Å². The zero-order valence-electron chi connectivity index (χ0n) is 11.8. The normalized spacial score (nSPS) is 29.6. The number of ether oxygens (including phenoxy) is 2. The number of allylic oxidation sites excluding steroid dienone is 2. The minimum absolute atomic E-state index is 0.0185. The Morgan fingerprint density at radius 1 is 1.28 bits per heavy atom. The molecule has 3 heteroatoms. The molecule has 0 spiro atoms. The maximum Gasteiger partial charge on any atom is 0.333 e. The number of carbonyl (C=O) groups is 1. The summed E-state index contributed by atoms with van der Waals surface area (Å²) < 4.78 is 11.0. The first kappa shape index (κ1) is 15.0. The quantitative estimate of drug-likeness (QED) is 0.437. The average Bonchev–Trinajstić information content (AvgIpc) is 2.39. The van der Waals surface area contributed by atoms with Crippen LogP contribution in [0.4, 0.5) is 0 Å². The van der Waals surface area contributed by atoms with Gasteiger partial charge in [-0.05, 0) is 40.0 Å². The fraction of sp³-hybridized carbons (Fsp3) is 0.667. The molecule has 0 amide bonds. The van der Waals surface area contributed by atoms with Crippen LogP contribution in [0, 0.1) is 5.92 Å². The first-order chi connectivity index (χ1) is 8.62. The second-order valence-electron chi connectivity index (χ2n) is 4.78. The molecule has 1 aliphatic carbocycles. The Labute approximate surface area is 110 Å². The summed E-state index contributed by atoms with van der Waals surface area (Å²) in [6, 6.07) is 0. The van der Waals surface area contributed by atoms with Gasteiger partial charge in [-0.1, -0.05) is 18.2 Å². The van der Waals surface area contributed by atoms with Crippen molar-refractivity contribution in [1.82, 2.24) is 0 Å². The molecule has 3 nitrogen and oxygen atoms in total. The van der Waals surface area contributed by atoms with Crippen molar-refractivity contribution >= 4 is 5.97 Å². The molecule has 1 aliphatic rings. The largest absolute Gasteiger partial charge is 0.458 e.